The lowest BCUT2D eigenvalue weighted by atomic mass is 9.71. The summed E-state index contributed by atoms with van der Waals surface area (Å²) in [6, 6.07) is 1.97. The fourth-order valence-electron chi connectivity index (χ4n) is 3.14. The molecule has 0 heterocycles. The minimum Gasteiger partial charge on any atom is -0.398 e. The maximum atomic E-state index is 10.1. The van der Waals surface area contributed by atoms with E-state index in [1.54, 1.807) is 0 Å². The van der Waals surface area contributed by atoms with Crippen molar-refractivity contribution in [3.63, 3.8) is 0 Å². The zero-order valence-electron chi connectivity index (χ0n) is 9.53. The van der Waals surface area contributed by atoms with Crippen LogP contribution in [0.25, 0.3) is 0 Å². The highest BCUT2D eigenvalue weighted by Gasteiger charge is 2.40. The molecule has 0 aliphatic heterocycles. The van der Waals surface area contributed by atoms with Crippen LogP contribution in [0.3, 0.4) is 0 Å². The molecule has 0 aromatic heterocycles. The van der Waals surface area contributed by atoms with E-state index in [0.29, 0.717) is 42.5 Å². The molecule has 0 saturated carbocycles. The predicted octanol–water partition coefficient (Wildman–Crippen LogP) is -0.212. The van der Waals surface area contributed by atoms with Gasteiger partial charge in [-0.2, -0.15) is 0 Å². The van der Waals surface area contributed by atoms with Gasteiger partial charge in [0, 0.05) is 16.8 Å². The average molecular weight is 225 g/mol. The molecule has 3 rings (SSSR count). The van der Waals surface area contributed by atoms with Gasteiger partial charge < -0.3 is 15.9 Å². The number of benzene rings is 1. The topological polar surface area (TPSA) is 66.5 Å². The van der Waals surface area contributed by atoms with E-state index < -0.39 is 11.0 Å². The Morgan fingerprint density at radius 1 is 1.00 bits per heavy atom. The molecule has 1 aromatic carbocycles. The van der Waals surface area contributed by atoms with Crippen LogP contribution in [0.5, 0.6) is 0 Å². The first-order valence-electron chi connectivity index (χ1n) is 5.80. The molecule has 2 aliphatic carbocycles. The molecule has 2 unspecified atom stereocenters. The Morgan fingerprint density at radius 2 is 1.41 bits per heavy atom. The highest BCUT2D eigenvalue weighted by Crippen LogP contribution is 2.47. The largest absolute Gasteiger partial charge is 0.398 e. The zero-order valence-corrected chi connectivity index (χ0v) is 9.53. The molecule has 0 spiro atoms. The standard InChI is InChI=1S/C12H13B2NO2/c13-11(16)3-1-6-5-7-2-4-12(14,17)9(7)10(15)8(6)11/h5,16-17H,1-4,15H2. The molecular weight excluding hydrogens is 212 g/mol. The van der Waals surface area contributed by atoms with Crippen LogP contribution in [0.4, 0.5) is 5.69 Å². The monoisotopic (exact) mass is 225 g/mol. The number of hydrogen-bond donors (Lipinski definition) is 3. The number of fused-ring (bicyclic) bond motifs is 2. The summed E-state index contributed by atoms with van der Waals surface area (Å²) in [5, 5.41) is 20.2. The summed E-state index contributed by atoms with van der Waals surface area (Å²) in [4.78, 5) is 0. The number of nitrogen functional groups attached to an aromatic ring is 1. The second-order valence-electron chi connectivity index (χ2n) is 5.21. The average Bonchev–Trinajstić information content (AvgIpc) is 2.66. The highest BCUT2D eigenvalue weighted by molar-refractivity contribution is 6.17. The molecule has 0 amide bonds. The van der Waals surface area contributed by atoms with E-state index in [-0.39, 0.29) is 0 Å². The van der Waals surface area contributed by atoms with Crippen molar-refractivity contribution >= 4 is 21.4 Å². The smallest absolute Gasteiger partial charge is 0.120 e. The van der Waals surface area contributed by atoms with Crippen molar-refractivity contribution in [1.82, 2.24) is 0 Å². The summed E-state index contributed by atoms with van der Waals surface area (Å²) in [5.74, 6) is 0. The van der Waals surface area contributed by atoms with Crippen LogP contribution in [-0.2, 0) is 23.8 Å². The number of hydrogen-bond acceptors (Lipinski definition) is 3. The molecule has 1 aromatic rings. The summed E-state index contributed by atoms with van der Waals surface area (Å²) >= 11 is 0. The van der Waals surface area contributed by atoms with Crippen LogP contribution in [0.15, 0.2) is 6.07 Å². The Kier molecular flexibility index (Phi) is 2.03. The third kappa shape index (κ3) is 1.39. The zero-order chi connectivity index (χ0) is 12.4. The van der Waals surface area contributed by atoms with Gasteiger partial charge in [-0.05, 0) is 36.8 Å². The Bertz CT molecular complexity index is 469. The summed E-state index contributed by atoms with van der Waals surface area (Å²) < 4.78 is 0. The van der Waals surface area contributed by atoms with Crippen molar-refractivity contribution in [2.75, 3.05) is 5.73 Å². The molecule has 5 heteroatoms. The number of anilines is 1. The number of nitrogens with two attached hydrogens (primary N) is 1. The van der Waals surface area contributed by atoms with Crippen LogP contribution < -0.4 is 5.73 Å². The Morgan fingerprint density at radius 3 is 1.82 bits per heavy atom. The highest BCUT2D eigenvalue weighted by atomic mass is 16.3. The van der Waals surface area contributed by atoms with Gasteiger partial charge >= 0.3 is 0 Å². The fourth-order valence-corrected chi connectivity index (χ4v) is 3.14. The Labute approximate surface area is 103 Å². The van der Waals surface area contributed by atoms with Crippen molar-refractivity contribution in [2.24, 2.45) is 0 Å². The van der Waals surface area contributed by atoms with Crippen molar-refractivity contribution in [2.45, 2.75) is 36.7 Å². The maximum Gasteiger partial charge on any atom is 0.120 e. The van der Waals surface area contributed by atoms with E-state index in [9.17, 15) is 10.2 Å². The third-order valence-electron chi connectivity index (χ3n) is 3.95. The van der Waals surface area contributed by atoms with E-state index in [1.807, 2.05) is 6.07 Å². The quantitative estimate of drug-likeness (QED) is 0.422. The molecule has 0 saturated heterocycles. The van der Waals surface area contributed by atoms with Gasteiger partial charge in [-0.25, -0.2) is 0 Å². The van der Waals surface area contributed by atoms with Gasteiger partial charge in [0.2, 0.25) is 0 Å². The molecule has 0 bridgehead atoms. The van der Waals surface area contributed by atoms with Gasteiger partial charge in [-0.1, -0.05) is 6.07 Å². The number of aliphatic hydroxyl groups is 2. The second kappa shape index (κ2) is 3.09. The lowest BCUT2D eigenvalue weighted by molar-refractivity contribution is 0.126. The second-order valence-corrected chi connectivity index (χ2v) is 5.21. The van der Waals surface area contributed by atoms with Crippen LogP contribution in [0.2, 0.25) is 0 Å². The molecule has 4 radical (unpaired) electrons. The Hall–Kier alpha value is -0.930. The van der Waals surface area contributed by atoms with E-state index in [4.69, 9.17) is 21.4 Å². The minimum atomic E-state index is -1.40. The predicted molar refractivity (Wildman–Crippen MR) is 66.8 cm³/mol. The summed E-state index contributed by atoms with van der Waals surface area (Å²) in [6.45, 7) is 0. The Balaban J connectivity index is 2.30. The van der Waals surface area contributed by atoms with Gasteiger partial charge in [-0.15, -0.1) is 0 Å². The molecule has 3 nitrogen and oxygen atoms in total. The lowest BCUT2D eigenvalue weighted by Gasteiger charge is -2.26. The van der Waals surface area contributed by atoms with Crippen molar-refractivity contribution in [3.8, 4) is 0 Å². The number of rotatable bonds is 0. The molecule has 0 fully saturated rings. The molecule has 4 N–H and O–H groups in total. The summed E-state index contributed by atoms with van der Waals surface area (Å²) in [5.41, 5.74) is 6.67. The van der Waals surface area contributed by atoms with Crippen LogP contribution in [0, 0.1) is 0 Å². The maximum absolute atomic E-state index is 10.1. The van der Waals surface area contributed by atoms with Crippen LogP contribution in [-0.4, -0.2) is 25.9 Å². The van der Waals surface area contributed by atoms with Crippen molar-refractivity contribution in [3.05, 3.63) is 28.3 Å². The molecular formula is C12H13B2NO2. The molecule has 2 aliphatic rings. The summed E-state index contributed by atoms with van der Waals surface area (Å²) in [6.07, 6.45) is 2.34. The summed E-state index contributed by atoms with van der Waals surface area (Å²) in [7, 11) is 11.7. The molecule has 2 atom stereocenters. The van der Waals surface area contributed by atoms with E-state index in [0.717, 1.165) is 11.1 Å². The fraction of sp³-hybridized carbons (Fsp3) is 0.500. The van der Waals surface area contributed by atoms with Gasteiger partial charge in [0.15, 0.2) is 0 Å². The minimum absolute atomic E-state index is 0.363. The van der Waals surface area contributed by atoms with Crippen molar-refractivity contribution in [1.29, 1.82) is 0 Å². The molecule has 17 heavy (non-hydrogen) atoms. The first kappa shape index (κ1) is 11.2. The molecule has 84 valence electrons. The van der Waals surface area contributed by atoms with Crippen LogP contribution in [0.1, 0.15) is 35.1 Å². The number of aryl methyl sites for hydroxylation is 2. The normalized spacial score (nSPS) is 34.7. The van der Waals surface area contributed by atoms with E-state index in [1.165, 1.54) is 0 Å². The first-order chi connectivity index (χ1) is 7.83. The SMILES string of the molecule is [B]C1(O)CCc2cc3c(c(N)c21)C([B])(O)CC3. The van der Waals surface area contributed by atoms with Gasteiger partial charge in [0.1, 0.15) is 15.7 Å². The first-order valence-corrected chi connectivity index (χ1v) is 5.80. The third-order valence-corrected chi connectivity index (χ3v) is 3.95. The van der Waals surface area contributed by atoms with E-state index >= 15 is 0 Å². The van der Waals surface area contributed by atoms with Gasteiger partial charge in [0.05, 0.1) is 11.0 Å². The lowest BCUT2D eigenvalue weighted by Crippen LogP contribution is -2.28. The van der Waals surface area contributed by atoms with Crippen molar-refractivity contribution < 1.29 is 10.2 Å². The van der Waals surface area contributed by atoms with Crippen LogP contribution >= 0.6 is 0 Å². The van der Waals surface area contributed by atoms with Gasteiger partial charge in [0.25, 0.3) is 0 Å². The van der Waals surface area contributed by atoms with Gasteiger partial charge in [-0.3, -0.25) is 0 Å². The van der Waals surface area contributed by atoms with E-state index in [2.05, 4.69) is 0 Å².